The standard InChI is InChI=1S/C16H16NO3P/c1-12-7-8-16-15(9-12)13(11-21(18,19)20)10-17(16)14-5-3-2-4-6-14/h2-10H,11H2,1H3,(H2,18,19,20). The fourth-order valence-corrected chi connectivity index (χ4v) is 3.26. The average Bonchev–Trinajstić information content (AvgIpc) is 2.76. The lowest BCUT2D eigenvalue weighted by Crippen LogP contribution is -1.91. The molecule has 1 aromatic heterocycles. The Kier molecular flexibility index (Phi) is 3.46. The number of fused-ring (bicyclic) bond motifs is 1. The van der Waals surface area contributed by atoms with E-state index in [9.17, 15) is 14.4 Å². The van der Waals surface area contributed by atoms with Crippen LogP contribution in [-0.4, -0.2) is 14.4 Å². The van der Waals surface area contributed by atoms with Gasteiger partial charge in [-0.05, 0) is 36.8 Å². The molecule has 0 bridgehead atoms. The summed E-state index contributed by atoms with van der Waals surface area (Å²) >= 11 is 0. The first-order valence-corrected chi connectivity index (χ1v) is 8.44. The zero-order valence-corrected chi connectivity index (χ0v) is 12.5. The third kappa shape index (κ3) is 2.93. The van der Waals surface area contributed by atoms with Crippen molar-refractivity contribution >= 4 is 18.5 Å². The third-order valence-corrected chi connectivity index (χ3v) is 4.21. The van der Waals surface area contributed by atoms with Gasteiger partial charge < -0.3 is 14.4 Å². The molecule has 0 saturated carbocycles. The molecule has 0 spiro atoms. The molecule has 0 unspecified atom stereocenters. The molecule has 0 radical (unpaired) electrons. The molecular weight excluding hydrogens is 285 g/mol. The molecule has 3 aromatic rings. The monoisotopic (exact) mass is 301 g/mol. The van der Waals surface area contributed by atoms with Gasteiger partial charge in [0.15, 0.2) is 0 Å². The number of para-hydroxylation sites is 1. The van der Waals surface area contributed by atoms with Gasteiger partial charge in [-0.1, -0.05) is 29.8 Å². The predicted octanol–water partition coefficient (Wildman–Crippen LogP) is 3.62. The topological polar surface area (TPSA) is 62.5 Å². The number of rotatable bonds is 3. The third-order valence-electron chi connectivity index (χ3n) is 3.45. The molecule has 0 amide bonds. The summed E-state index contributed by atoms with van der Waals surface area (Å²) in [5.74, 6) is 0. The maximum Gasteiger partial charge on any atom is 0.329 e. The van der Waals surface area contributed by atoms with Crippen LogP contribution < -0.4 is 0 Å². The Labute approximate surface area is 122 Å². The summed E-state index contributed by atoms with van der Waals surface area (Å²) in [5.41, 5.74) is 3.67. The quantitative estimate of drug-likeness (QED) is 0.726. The summed E-state index contributed by atoms with van der Waals surface area (Å²) in [6, 6.07) is 15.7. The molecule has 0 aliphatic rings. The second-order valence-electron chi connectivity index (χ2n) is 5.20. The fraction of sp³-hybridized carbons (Fsp3) is 0.125. The van der Waals surface area contributed by atoms with E-state index in [-0.39, 0.29) is 6.16 Å². The van der Waals surface area contributed by atoms with Gasteiger partial charge in [0.25, 0.3) is 0 Å². The minimum Gasteiger partial charge on any atom is -0.324 e. The zero-order chi connectivity index (χ0) is 15.0. The van der Waals surface area contributed by atoms with E-state index in [4.69, 9.17) is 0 Å². The normalized spacial score (nSPS) is 12.0. The molecule has 0 saturated heterocycles. The van der Waals surface area contributed by atoms with Crippen molar-refractivity contribution in [2.24, 2.45) is 0 Å². The Hall–Kier alpha value is -1.87. The van der Waals surface area contributed by atoms with E-state index < -0.39 is 7.60 Å². The first kappa shape index (κ1) is 14.1. The molecule has 2 N–H and O–H groups in total. The summed E-state index contributed by atoms with van der Waals surface area (Å²) < 4.78 is 13.3. The van der Waals surface area contributed by atoms with Gasteiger partial charge in [0, 0.05) is 17.3 Å². The van der Waals surface area contributed by atoms with Crippen molar-refractivity contribution < 1.29 is 14.4 Å². The number of aromatic nitrogens is 1. The van der Waals surface area contributed by atoms with Gasteiger partial charge in [0.2, 0.25) is 0 Å². The van der Waals surface area contributed by atoms with Crippen LogP contribution in [0, 0.1) is 6.92 Å². The van der Waals surface area contributed by atoms with Gasteiger partial charge >= 0.3 is 7.60 Å². The smallest absolute Gasteiger partial charge is 0.324 e. The highest BCUT2D eigenvalue weighted by Gasteiger charge is 2.19. The van der Waals surface area contributed by atoms with E-state index in [0.29, 0.717) is 5.56 Å². The minimum atomic E-state index is -4.10. The molecule has 5 heteroatoms. The molecule has 21 heavy (non-hydrogen) atoms. The Morgan fingerprint density at radius 2 is 1.81 bits per heavy atom. The maximum absolute atomic E-state index is 11.4. The SMILES string of the molecule is Cc1ccc2c(c1)c(CP(=O)(O)O)cn2-c1ccccc1. The molecule has 4 nitrogen and oxygen atoms in total. The highest BCUT2D eigenvalue weighted by molar-refractivity contribution is 7.50. The zero-order valence-electron chi connectivity index (χ0n) is 11.6. The summed E-state index contributed by atoms with van der Waals surface area (Å²) in [7, 11) is -4.10. The predicted molar refractivity (Wildman–Crippen MR) is 83.8 cm³/mol. The lowest BCUT2D eigenvalue weighted by molar-refractivity contribution is 0.372. The lowest BCUT2D eigenvalue weighted by atomic mass is 10.1. The highest BCUT2D eigenvalue weighted by Crippen LogP contribution is 2.41. The van der Waals surface area contributed by atoms with Crippen molar-refractivity contribution in [2.75, 3.05) is 0 Å². The van der Waals surface area contributed by atoms with Crippen molar-refractivity contribution in [2.45, 2.75) is 13.1 Å². The van der Waals surface area contributed by atoms with Crippen LogP contribution >= 0.6 is 7.60 Å². The van der Waals surface area contributed by atoms with E-state index >= 15 is 0 Å². The first-order valence-electron chi connectivity index (χ1n) is 6.65. The second-order valence-corrected chi connectivity index (χ2v) is 6.85. The van der Waals surface area contributed by atoms with E-state index in [1.165, 1.54) is 0 Å². The number of benzene rings is 2. The van der Waals surface area contributed by atoms with Crippen LogP contribution in [-0.2, 0) is 10.7 Å². The van der Waals surface area contributed by atoms with Crippen LogP contribution in [0.5, 0.6) is 0 Å². The van der Waals surface area contributed by atoms with Gasteiger partial charge in [-0.25, -0.2) is 0 Å². The van der Waals surface area contributed by atoms with Crippen molar-refractivity contribution in [1.29, 1.82) is 0 Å². The van der Waals surface area contributed by atoms with Crippen LogP contribution in [0.15, 0.2) is 54.7 Å². The van der Waals surface area contributed by atoms with E-state index in [1.54, 1.807) is 0 Å². The van der Waals surface area contributed by atoms with Gasteiger partial charge in [-0.15, -0.1) is 0 Å². The molecule has 0 fully saturated rings. The molecular formula is C16H16NO3P. The molecule has 0 aliphatic heterocycles. The number of aryl methyl sites for hydroxylation is 1. The Morgan fingerprint density at radius 1 is 1.10 bits per heavy atom. The lowest BCUT2D eigenvalue weighted by Gasteiger charge is -2.04. The van der Waals surface area contributed by atoms with Crippen LogP contribution in [0.2, 0.25) is 0 Å². The summed E-state index contributed by atoms with van der Waals surface area (Å²) in [6.07, 6.45) is 1.57. The molecule has 108 valence electrons. The number of hydrogen-bond acceptors (Lipinski definition) is 1. The van der Waals surface area contributed by atoms with Crippen LogP contribution in [0.1, 0.15) is 11.1 Å². The molecule has 2 aromatic carbocycles. The first-order chi connectivity index (χ1) is 9.94. The molecule has 0 aliphatic carbocycles. The van der Waals surface area contributed by atoms with Gasteiger partial charge in [0.05, 0.1) is 11.7 Å². The van der Waals surface area contributed by atoms with Crippen LogP contribution in [0.3, 0.4) is 0 Å². The van der Waals surface area contributed by atoms with E-state index in [0.717, 1.165) is 22.2 Å². The second kappa shape index (κ2) is 5.15. The summed E-state index contributed by atoms with van der Waals surface area (Å²) in [5, 5.41) is 0.891. The summed E-state index contributed by atoms with van der Waals surface area (Å²) in [6.45, 7) is 1.97. The molecule has 0 atom stereocenters. The van der Waals surface area contributed by atoms with Crippen molar-refractivity contribution in [3.8, 4) is 5.69 Å². The van der Waals surface area contributed by atoms with Crippen molar-refractivity contribution in [1.82, 2.24) is 4.57 Å². The van der Waals surface area contributed by atoms with E-state index in [2.05, 4.69) is 0 Å². The largest absolute Gasteiger partial charge is 0.329 e. The number of hydrogen-bond donors (Lipinski definition) is 2. The Bertz CT molecular complexity index is 833. The van der Waals surface area contributed by atoms with Crippen molar-refractivity contribution in [3.63, 3.8) is 0 Å². The average molecular weight is 301 g/mol. The molecule has 3 rings (SSSR count). The summed E-state index contributed by atoms with van der Waals surface area (Å²) in [4.78, 5) is 18.6. The Balaban J connectivity index is 2.25. The minimum absolute atomic E-state index is 0.243. The maximum atomic E-state index is 11.4. The van der Waals surface area contributed by atoms with Crippen LogP contribution in [0.4, 0.5) is 0 Å². The fourth-order valence-electron chi connectivity index (χ4n) is 2.56. The van der Waals surface area contributed by atoms with Crippen LogP contribution in [0.25, 0.3) is 16.6 Å². The highest BCUT2D eigenvalue weighted by atomic mass is 31.2. The van der Waals surface area contributed by atoms with Gasteiger partial charge in [-0.2, -0.15) is 0 Å². The van der Waals surface area contributed by atoms with Crippen molar-refractivity contribution in [3.05, 3.63) is 65.9 Å². The number of nitrogens with zero attached hydrogens (tertiary/aromatic N) is 1. The van der Waals surface area contributed by atoms with E-state index in [1.807, 2.05) is 66.2 Å². The molecule has 1 heterocycles. The Morgan fingerprint density at radius 3 is 2.48 bits per heavy atom. The van der Waals surface area contributed by atoms with Gasteiger partial charge in [-0.3, -0.25) is 4.57 Å². The van der Waals surface area contributed by atoms with Gasteiger partial charge in [0.1, 0.15) is 0 Å².